The summed E-state index contributed by atoms with van der Waals surface area (Å²) in [5.41, 5.74) is 0.297. The van der Waals surface area contributed by atoms with E-state index in [4.69, 9.17) is 19.3 Å². The largest absolute Gasteiger partial charge is 0.497 e. The number of carbonyl (C=O) groups is 1. The first-order valence-electron chi connectivity index (χ1n) is 9.31. The Morgan fingerprint density at radius 1 is 1.40 bits per heavy atom. The van der Waals surface area contributed by atoms with E-state index >= 15 is 0 Å². The number of hydrogen-bond donors (Lipinski definition) is 2. The molecule has 0 saturated heterocycles. The predicted molar refractivity (Wildman–Crippen MR) is 108 cm³/mol. The third kappa shape index (κ3) is 6.28. The van der Waals surface area contributed by atoms with E-state index in [-0.39, 0.29) is 36.9 Å². The monoisotopic (exact) mass is 443 g/mol. The molecule has 0 aliphatic heterocycles. The first-order valence-corrected chi connectivity index (χ1v) is 11.2. The summed E-state index contributed by atoms with van der Waals surface area (Å²) >= 11 is 0. The van der Waals surface area contributed by atoms with Crippen LogP contribution in [0.4, 0.5) is 4.39 Å². The van der Waals surface area contributed by atoms with E-state index in [9.17, 15) is 17.6 Å². The van der Waals surface area contributed by atoms with Crippen molar-refractivity contribution in [1.29, 1.82) is 0 Å². The number of carbonyl (C=O) groups excluding carboxylic acids is 1. The molecule has 0 heterocycles. The van der Waals surface area contributed by atoms with E-state index in [1.165, 1.54) is 25.3 Å². The number of nitrogens with one attached hydrogen (secondary N) is 1. The number of esters is 1. The fourth-order valence-electron chi connectivity index (χ4n) is 2.98. The smallest absolute Gasteiger partial charge is 0.327 e. The van der Waals surface area contributed by atoms with Gasteiger partial charge >= 0.3 is 5.97 Å². The lowest BCUT2D eigenvalue weighted by Gasteiger charge is -2.27. The minimum absolute atomic E-state index is 0.0697. The minimum atomic E-state index is -3.48. The number of allylic oxidation sites excluding steroid dienone is 1. The van der Waals surface area contributed by atoms with Crippen molar-refractivity contribution in [3.63, 3.8) is 0 Å². The maximum Gasteiger partial charge on any atom is 0.327 e. The minimum Gasteiger partial charge on any atom is -0.497 e. The maximum atomic E-state index is 13.7. The normalized spacial score (nSPS) is 17.6. The summed E-state index contributed by atoms with van der Waals surface area (Å²) in [7, 11) is -2.07. The Hall–Kier alpha value is -2.43. The number of aliphatic hydroxyl groups is 1. The van der Waals surface area contributed by atoms with Crippen molar-refractivity contribution in [2.45, 2.75) is 25.4 Å². The zero-order valence-electron chi connectivity index (χ0n) is 17.1. The number of sulfone groups is 1. The first-order chi connectivity index (χ1) is 14.2. The number of halogens is 1. The highest BCUT2D eigenvalue weighted by atomic mass is 32.2. The van der Waals surface area contributed by atoms with Gasteiger partial charge in [-0.1, -0.05) is 6.07 Å². The molecule has 166 valence electrons. The Balaban J connectivity index is 2.41. The highest BCUT2D eigenvalue weighted by Crippen LogP contribution is 2.30. The fourth-order valence-corrected chi connectivity index (χ4v) is 3.80. The second kappa shape index (κ2) is 10.6. The Labute approximate surface area is 175 Å². The van der Waals surface area contributed by atoms with Crippen molar-refractivity contribution < 1.29 is 36.9 Å². The molecule has 0 aromatic heterocycles. The third-order valence-electron chi connectivity index (χ3n) is 4.34. The van der Waals surface area contributed by atoms with Gasteiger partial charge in [-0.15, -0.1) is 0 Å². The molecule has 0 spiro atoms. The number of hydrogen-bond acceptors (Lipinski definition) is 8. The predicted octanol–water partition coefficient (Wildman–Crippen LogP) is 1.62. The molecule has 30 heavy (non-hydrogen) atoms. The quantitative estimate of drug-likeness (QED) is 0.525. The third-order valence-corrected chi connectivity index (χ3v) is 5.58. The molecule has 10 heteroatoms. The lowest BCUT2D eigenvalue weighted by molar-refractivity contribution is -0.146. The first kappa shape index (κ1) is 23.8. The van der Waals surface area contributed by atoms with Crippen LogP contribution in [0.15, 0.2) is 41.0 Å². The van der Waals surface area contributed by atoms with E-state index in [2.05, 4.69) is 5.32 Å². The van der Waals surface area contributed by atoms with Crippen molar-refractivity contribution >= 4 is 15.8 Å². The Morgan fingerprint density at radius 2 is 2.13 bits per heavy atom. The maximum absolute atomic E-state index is 13.7. The van der Waals surface area contributed by atoms with Crippen LogP contribution in [0.5, 0.6) is 5.75 Å². The van der Waals surface area contributed by atoms with Crippen LogP contribution in [0.1, 0.15) is 24.9 Å². The summed E-state index contributed by atoms with van der Waals surface area (Å²) in [6.45, 7) is 1.38. The summed E-state index contributed by atoms with van der Waals surface area (Å²) in [5, 5.41) is 12.1. The van der Waals surface area contributed by atoms with Gasteiger partial charge in [-0.3, -0.25) is 5.32 Å². The number of benzene rings is 1. The van der Waals surface area contributed by atoms with Crippen molar-refractivity contribution in [3.8, 4) is 5.75 Å². The van der Waals surface area contributed by atoms with Gasteiger partial charge in [-0.05, 0) is 25.1 Å². The molecular weight excluding hydrogens is 417 g/mol. The molecule has 1 aromatic carbocycles. The SMILES string of the molecule is CCOC(=O)C(N[C@@H]1C=C(OC)C=C(S(C)(=O)=O)C1)c1ccc(F)cc1OCCO. The molecule has 0 saturated carbocycles. The molecule has 8 nitrogen and oxygen atoms in total. The van der Waals surface area contributed by atoms with Crippen molar-refractivity contribution in [2.75, 3.05) is 33.2 Å². The van der Waals surface area contributed by atoms with Crippen LogP contribution in [-0.2, 0) is 24.1 Å². The van der Waals surface area contributed by atoms with E-state index in [1.807, 2.05) is 0 Å². The highest BCUT2D eigenvalue weighted by molar-refractivity contribution is 7.94. The van der Waals surface area contributed by atoms with Gasteiger partial charge in [-0.2, -0.15) is 0 Å². The van der Waals surface area contributed by atoms with Crippen LogP contribution in [0.25, 0.3) is 0 Å². The molecule has 0 fully saturated rings. The zero-order chi connectivity index (χ0) is 22.3. The van der Waals surface area contributed by atoms with Crippen LogP contribution in [0.3, 0.4) is 0 Å². The number of ether oxygens (including phenoxy) is 3. The molecule has 2 rings (SSSR count). The van der Waals surface area contributed by atoms with Crippen molar-refractivity contribution in [2.24, 2.45) is 0 Å². The summed E-state index contributed by atoms with van der Waals surface area (Å²) < 4.78 is 53.6. The molecule has 1 unspecified atom stereocenters. The van der Waals surface area contributed by atoms with Gasteiger partial charge in [0.15, 0.2) is 9.84 Å². The fraction of sp³-hybridized carbons (Fsp3) is 0.450. The molecular formula is C20H26FNO7S. The molecule has 0 amide bonds. The van der Waals surface area contributed by atoms with Crippen molar-refractivity contribution in [1.82, 2.24) is 5.32 Å². The number of rotatable bonds is 10. The molecule has 1 aliphatic rings. The van der Waals surface area contributed by atoms with E-state index in [0.29, 0.717) is 11.3 Å². The summed E-state index contributed by atoms with van der Waals surface area (Å²) in [5.74, 6) is -0.811. The number of methoxy groups -OCH3 is 1. The van der Waals surface area contributed by atoms with Gasteiger partial charge in [-0.25, -0.2) is 17.6 Å². The summed E-state index contributed by atoms with van der Waals surface area (Å²) in [6.07, 6.45) is 4.27. The molecule has 0 bridgehead atoms. The van der Waals surface area contributed by atoms with Gasteiger partial charge in [0, 0.05) is 35.3 Å². The van der Waals surface area contributed by atoms with Gasteiger partial charge in [0.05, 0.1) is 20.3 Å². The summed E-state index contributed by atoms with van der Waals surface area (Å²) in [4.78, 5) is 12.8. The lowest BCUT2D eigenvalue weighted by Crippen LogP contribution is -2.39. The number of aliphatic hydroxyl groups excluding tert-OH is 1. The molecule has 1 aromatic rings. The van der Waals surface area contributed by atoms with Gasteiger partial charge in [0.25, 0.3) is 0 Å². The average Bonchev–Trinajstić information content (AvgIpc) is 2.70. The molecule has 2 N–H and O–H groups in total. The lowest BCUT2D eigenvalue weighted by atomic mass is 10.0. The van der Waals surface area contributed by atoms with Gasteiger partial charge in [0.2, 0.25) is 0 Å². The van der Waals surface area contributed by atoms with E-state index in [0.717, 1.165) is 12.3 Å². The van der Waals surface area contributed by atoms with Crippen LogP contribution >= 0.6 is 0 Å². The Bertz CT molecular complexity index is 927. The molecule has 2 atom stereocenters. The standard InChI is InChI=1S/C20H26FNO7S/c1-4-28-20(24)19(17-6-5-13(21)9-18(17)29-8-7-23)22-14-10-15(27-2)12-16(11-14)30(3,25)26/h5-6,9-10,12,14,19,22-23H,4,7-8,11H2,1-3H3/t14-,19?/m1/s1. The summed E-state index contributed by atoms with van der Waals surface area (Å²) in [6, 6.07) is 2.01. The molecule has 1 aliphatic carbocycles. The van der Waals surface area contributed by atoms with Crippen LogP contribution in [0.2, 0.25) is 0 Å². The average molecular weight is 443 g/mol. The second-order valence-electron chi connectivity index (χ2n) is 6.57. The van der Waals surface area contributed by atoms with Gasteiger partial charge < -0.3 is 19.3 Å². The van der Waals surface area contributed by atoms with Crippen LogP contribution < -0.4 is 10.1 Å². The Morgan fingerprint density at radius 3 is 2.73 bits per heavy atom. The van der Waals surface area contributed by atoms with Crippen LogP contribution in [-0.4, -0.2) is 58.7 Å². The van der Waals surface area contributed by atoms with E-state index < -0.39 is 33.7 Å². The van der Waals surface area contributed by atoms with Crippen LogP contribution in [0, 0.1) is 5.82 Å². The highest BCUT2D eigenvalue weighted by Gasteiger charge is 2.31. The zero-order valence-corrected chi connectivity index (χ0v) is 17.9. The molecule has 0 radical (unpaired) electrons. The van der Waals surface area contributed by atoms with Crippen molar-refractivity contribution in [3.05, 3.63) is 52.4 Å². The topological polar surface area (TPSA) is 111 Å². The Kier molecular flexibility index (Phi) is 8.39. The second-order valence-corrected chi connectivity index (χ2v) is 8.64. The van der Waals surface area contributed by atoms with E-state index in [1.54, 1.807) is 13.0 Å². The van der Waals surface area contributed by atoms with Gasteiger partial charge in [0.1, 0.15) is 30.0 Å².